The molecule has 1 aromatic heterocycles. The van der Waals surface area contributed by atoms with Crippen LogP contribution in [-0.2, 0) is 0 Å². The van der Waals surface area contributed by atoms with E-state index in [1.165, 1.54) is 25.7 Å². The molecule has 0 radical (unpaired) electrons. The number of nitrogens with two attached hydrogens (primary N) is 1. The summed E-state index contributed by atoms with van der Waals surface area (Å²) in [4.78, 5) is 18.1. The molecule has 4 N–H and O–H groups in total. The van der Waals surface area contributed by atoms with Gasteiger partial charge in [0, 0.05) is 29.0 Å². The van der Waals surface area contributed by atoms with Crippen LogP contribution in [0.2, 0.25) is 0 Å². The molecule has 6 heteroatoms. The molecule has 1 aliphatic heterocycles. The number of benzene rings is 1. The van der Waals surface area contributed by atoms with E-state index in [2.05, 4.69) is 38.4 Å². The molecule has 0 spiro atoms. The number of hydrogen-bond acceptors (Lipinski definition) is 3. The molecule has 4 rings (SSSR count). The minimum absolute atomic E-state index is 0.0788. The second kappa shape index (κ2) is 7.00. The van der Waals surface area contributed by atoms with Crippen molar-refractivity contribution in [1.82, 2.24) is 9.88 Å². The summed E-state index contributed by atoms with van der Waals surface area (Å²) < 4.78 is 1.03. The molecule has 2 heterocycles. The molecule has 25 heavy (non-hydrogen) atoms. The van der Waals surface area contributed by atoms with Gasteiger partial charge in [0.05, 0.1) is 11.2 Å². The Bertz CT molecular complexity index is 781. The van der Waals surface area contributed by atoms with Crippen molar-refractivity contribution in [1.29, 1.82) is 0 Å². The lowest BCUT2D eigenvalue weighted by Gasteiger charge is -2.15. The Morgan fingerprint density at radius 3 is 2.80 bits per heavy atom. The van der Waals surface area contributed by atoms with Gasteiger partial charge in [0.2, 0.25) is 0 Å². The Balaban J connectivity index is 1.61. The van der Waals surface area contributed by atoms with Crippen LogP contribution in [-0.4, -0.2) is 41.5 Å². The number of rotatable bonds is 4. The molecular weight excluding hydrogens is 380 g/mol. The van der Waals surface area contributed by atoms with E-state index in [1.54, 1.807) is 0 Å². The van der Waals surface area contributed by atoms with Crippen LogP contribution in [0.3, 0.4) is 0 Å². The third-order valence-corrected chi connectivity index (χ3v) is 6.00. The average Bonchev–Trinajstić information content (AvgIpc) is 3.34. The third kappa shape index (κ3) is 3.42. The van der Waals surface area contributed by atoms with E-state index in [0.29, 0.717) is 24.2 Å². The zero-order chi connectivity index (χ0) is 17.4. The topological polar surface area (TPSA) is 74.2 Å². The van der Waals surface area contributed by atoms with Crippen LogP contribution < -0.4 is 11.1 Å². The lowest BCUT2D eigenvalue weighted by molar-refractivity contribution is 0.0783. The highest BCUT2D eigenvalue weighted by atomic mass is 79.9. The van der Waals surface area contributed by atoms with E-state index in [0.717, 1.165) is 40.6 Å². The highest BCUT2D eigenvalue weighted by Gasteiger charge is 2.27. The van der Waals surface area contributed by atoms with Crippen molar-refractivity contribution in [2.45, 2.75) is 38.1 Å². The zero-order valence-corrected chi connectivity index (χ0v) is 15.9. The Morgan fingerprint density at radius 2 is 2.08 bits per heavy atom. The summed E-state index contributed by atoms with van der Waals surface area (Å²) in [7, 11) is 0. The fourth-order valence-electron chi connectivity index (χ4n) is 4.11. The molecule has 1 amide bonds. The lowest BCUT2D eigenvalue weighted by atomic mass is 10.1. The fourth-order valence-corrected chi connectivity index (χ4v) is 4.58. The van der Waals surface area contributed by atoms with Crippen molar-refractivity contribution in [3.05, 3.63) is 28.4 Å². The fraction of sp³-hybridized carbons (Fsp3) is 0.526. The number of carbonyl (C=O) groups is 1. The van der Waals surface area contributed by atoms with Crippen molar-refractivity contribution in [3.63, 3.8) is 0 Å². The van der Waals surface area contributed by atoms with Crippen LogP contribution in [0.5, 0.6) is 0 Å². The highest BCUT2D eigenvalue weighted by Crippen LogP contribution is 2.32. The maximum absolute atomic E-state index is 12.8. The number of fused-ring (bicyclic) bond motifs is 1. The van der Waals surface area contributed by atoms with Crippen molar-refractivity contribution in [2.24, 2.45) is 11.7 Å². The maximum atomic E-state index is 12.8. The SMILES string of the molecule is NCC1CCN(C(=O)c2cc3cc(Br)cc(NC4CCCC4)c3[nH]2)C1. The van der Waals surface area contributed by atoms with E-state index in [9.17, 15) is 4.79 Å². The van der Waals surface area contributed by atoms with Gasteiger partial charge in [-0.25, -0.2) is 0 Å². The monoisotopic (exact) mass is 404 g/mol. The molecule has 134 valence electrons. The van der Waals surface area contributed by atoms with E-state index in [4.69, 9.17) is 5.73 Å². The Labute approximate surface area is 156 Å². The molecule has 1 saturated carbocycles. The number of aromatic nitrogens is 1. The molecule has 5 nitrogen and oxygen atoms in total. The van der Waals surface area contributed by atoms with Gasteiger partial charge in [-0.15, -0.1) is 0 Å². The van der Waals surface area contributed by atoms with Gasteiger partial charge >= 0.3 is 0 Å². The van der Waals surface area contributed by atoms with E-state index in [1.807, 2.05) is 11.0 Å². The van der Waals surface area contributed by atoms with Crippen molar-refractivity contribution >= 4 is 38.4 Å². The van der Waals surface area contributed by atoms with Crippen LogP contribution in [0.4, 0.5) is 5.69 Å². The predicted octanol–water partition coefficient (Wildman–Crippen LogP) is 3.71. The summed E-state index contributed by atoms with van der Waals surface area (Å²) in [5.41, 5.74) is 8.52. The van der Waals surface area contributed by atoms with Crippen LogP contribution in [0, 0.1) is 5.92 Å². The summed E-state index contributed by atoms with van der Waals surface area (Å²) in [6.07, 6.45) is 6.02. The lowest BCUT2D eigenvalue weighted by Crippen LogP contribution is -2.30. The number of H-pyrrole nitrogens is 1. The molecule has 1 saturated heterocycles. The minimum Gasteiger partial charge on any atom is -0.381 e. The van der Waals surface area contributed by atoms with Gasteiger partial charge in [-0.2, -0.15) is 0 Å². The molecule has 1 aromatic carbocycles. The number of carbonyl (C=O) groups excluding carboxylic acids is 1. The number of nitrogens with one attached hydrogen (secondary N) is 2. The van der Waals surface area contributed by atoms with Crippen LogP contribution in [0.25, 0.3) is 10.9 Å². The van der Waals surface area contributed by atoms with Gasteiger partial charge < -0.3 is 20.9 Å². The quantitative estimate of drug-likeness (QED) is 0.726. The molecule has 2 fully saturated rings. The average molecular weight is 405 g/mol. The molecule has 0 bridgehead atoms. The van der Waals surface area contributed by atoms with Crippen LogP contribution >= 0.6 is 15.9 Å². The summed E-state index contributed by atoms with van der Waals surface area (Å²) >= 11 is 3.60. The van der Waals surface area contributed by atoms with Gasteiger partial charge in [-0.3, -0.25) is 4.79 Å². The normalized spacial score (nSPS) is 21.4. The van der Waals surface area contributed by atoms with E-state index >= 15 is 0 Å². The number of hydrogen-bond donors (Lipinski definition) is 3. The highest BCUT2D eigenvalue weighted by molar-refractivity contribution is 9.10. The summed E-state index contributed by atoms with van der Waals surface area (Å²) in [6, 6.07) is 6.67. The first-order chi connectivity index (χ1) is 12.1. The second-order valence-electron chi connectivity index (χ2n) is 7.37. The number of aromatic amines is 1. The number of anilines is 1. The first-order valence-corrected chi connectivity index (χ1v) is 10.0. The number of halogens is 1. The number of nitrogens with zero attached hydrogens (tertiary/aromatic N) is 1. The smallest absolute Gasteiger partial charge is 0.270 e. The van der Waals surface area contributed by atoms with E-state index < -0.39 is 0 Å². The van der Waals surface area contributed by atoms with Crippen molar-refractivity contribution in [3.8, 4) is 0 Å². The first kappa shape index (κ1) is 16.9. The third-order valence-electron chi connectivity index (χ3n) is 5.54. The Morgan fingerprint density at radius 1 is 1.28 bits per heavy atom. The molecule has 1 atom stereocenters. The molecule has 2 aliphatic rings. The molecule has 2 aromatic rings. The van der Waals surface area contributed by atoms with Crippen molar-refractivity contribution in [2.75, 3.05) is 25.0 Å². The largest absolute Gasteiger partial charge is 0.381 e. The van der Waals surface area contributed by atoms with Gasteiger partial charge in [-0.1, -0.05) is 28.8 Å². The maximum Gasteiger partial charge on any atom is 0.270 e. The van der Waals surface area contributed by atoms with Gasteiger partial charge in [-0.05, 0) is 49.9 Å². The van der Waals surface area contributed by atoms with Crippen LogP contribution in [0.15, 0.2) is 22.7 Å². The van der Waals surface area contributed by atoms with Gasteiger partial charge in [0.1, 0.15) is 5.69 Å². The van der Waals surface area contributed by atoms with Gasteiger partial charge in [0.15, 0.2) is 0 Å². The Kier molecular flexibility index (Phi) is 4.73. The second-order valence-corrected chi connectivity index (χ2v) is 8.28. The Hall–Kier alpha value is -1.53. The van der Waals surface area contributed by atoms with Gasteiger partial charge in [0.25, 0.3) is 5.91 Å². The standard InChI is InChI=1S/C19H25BrN4O/c20-14-7-13-8-17(19(25)24-6-5-12(10-21)11-24)23-18(13)16(9-14)22-15-3-1-2-4-15/h7-9,12,15,22-23H,1-6,10-11,21H2. The first-order valence-electron chi connectivity index (χ1n) is 9.22. The molecule has 1 unspecified atom stereocenters. The predicted molar refractivity (Wildman–Crippen MR) is 105 cm³/mol. The summed E-state index contributed by atoms with van der Waals surface area (Å²) in [6.45, 7) is 2.22. The van der Waals surface area contributed by atoms with E-state index in [-0.39, 0.29) is 5.91 Å². The summed E-state index contributed by atoms with van der Waals surface area (Å²) in [5, 5.41) is 4.72. The molecule has 1 aliphatic carbocycles. The van der Waals surface area contributed by atoms with Crippen LogP contribution in [0.1, 0.15) is 42.6 Å². The van der Waals surface area contributed by atoms with Crippen molar-refractivity contribution < 1.29 is 4.79 Å². The molecular formula is C19H25BrN4O. The minimum atomic E-state index is 0.0788. The number of amides is 1. The number of likely N-dealkylation sites (tertiary alicyclic amines) is 1. The zero-order valence-electron chi connectivity index (χ0n) is 14.4. The summed E-state index contributed by atoms with van der Waals surface area (Å²) in [5.74, 6) is 0.511.